The molecule has 1 fully saturated rings. The van der Waals surface area contributed by atoms with E-state index in [0.717, 1.165) is 19.1 Å². The molecule has 200 valence electrons. The van der Waals surface area contributed by atoms with Crippen molar-refractivity contribution in [2.75, 3.05) is 29.5 Å². The summed E-state index contributed by atoms with van der Waals surface area (Å²) < 4.78 is 85.2. The molecule has 0 radical (unpaired) electrons. The van der Waals surface area contributed by atoms with E-state index in [1.807, 2.05) is 0 Å². The van der Waals surface area contributed by atoms with E-state index in [-0.39, 0.29) is 23.4 Å². The number of alkyl halides is 3. The Morgan fingerprint density at radius 1 is 1.24 bits per heavy atom. The summed E-state index contributed by atoms with van der Waals surface area (Å²) in [6.07, 6.45) is -3.70. The first-order chi connectivity index (χ1) is 17.3. The maximum atomic E-state index is 13.9. The van der Waals surface area contributed by atoms with Crippen LogP contribution in [0.1, 0.15) is 18.9 Å². The molecule has 1 saturated heterocycles. The third-order valence-electron chi connectivity index (χ3n) is 5.58. The summed E-state index contributed by atoms with van der Waals surface area (Å²) in [7, 11) is -2.67. The number of fused-ring (bicyclic) bond motifs is 1. The molecular formula is C24H26F4N4O4S. The van der Waals surface area contributed by atoms with E-state index in [1.165, 1.54) is 18.6 Å². The zero-order valence-corrected chi connectivity index (χ0v) is 21.1. The molecule has 1 aromatic heterocycles. The fourth-order valence-electron chi connectivity index (χ4n) is 3.81. The second-order valence-electron chi connectivity index (χ2n) is 8.77. The number of aryl methyl sites for hydroxylation is 1. The third kappa shape index (κ3) is 6.34. The van der Waals surface area contributed by atoms with Crippen molar-refractivity contribution >= 4 is 43.7 Å². The molecule has 1 aliphatic rings. The molecule has 2 N–H and O–H groups in total. The Morgan fingerprint density at radius 2 is 2.00 bits per heavy atom. The number of nitrogens with zero attached hydrogens (tertiary/aromatic N) is 2. The average Bonchev–Trinajstić information content (AvgIpc) is 3.30. The van der Waals surface area contributed by atoms with Crippen LogP contribution in [0.15, 0.2) is 30.6 Å². The average molecular weight is 543 g/mol. The highest BCUT2D eigenvalue weighted by Gasteiger charge is 2.38. The van der Waals surface area contributed by atoms with Crippen molar-refractivity contribution in [3.8, 4) is 11.5 Å². The lowest BCUT2D eigenvalue weighted by Gasteiger charge is -2.22. The summed E-state index contributed by atoms with van der Waals surface area (Å²) in [5, 5.41) is 3.44. The lowest BCUT2D eigenvalue weighted by molar-refractivity contribution is -0.189. The van der Waals surface area contributed by atoms with Gasteiger partial charge in [-0.3, -0.25) is 0 Å². The molecule has 3 unspecified atom stereocenters. The maximum Gasteiger partial charge on any atom is 0.425 e. The molecule has 0 aliphatic carbocycles. The van der Waals surface area contributed by atoms with Crippen LogP contribution in [-0.4, -0.2) is 57.9 Å². The first-order valence-electron chi connectivity index (χ1n) is 11.2. The first kappa shape index (κ1) is 26.7. The topological polar surface area (TPSA) is 94.6 Å². The van der Waals surface area contributed by atoms with Gasteiger partial charge in [-0.15, -0.1) is 0 Å². The highest BCUT2D eigenvalue weighted by molar-refractivity contribution is 8.00. The summed E-state index contributed by atoms with van der Waals surface area (Å²) in [4.78, 5) is 8.57. The van der Waals surface area contributed by atoms with Crippen LogP contribution >= 0.6 is 0 Å². The minimum Gasteiger partial charge on any atom is -0.485 e. The van der Waals surface area contributed by atoms with Gasteiger partial charge < -0.3 is 24.2 Å². The van der Waals surface area contributed by atoms with Gasteiger partial charge in [-0.05, 0) is 37.9 Å². The second-order valence-corrected chi connectivity index (χ2v) is 11.0. The second kappa shape index (κ2) is 10.2. The SMILES string of the molecule is C=S(C)(=O)Nc1cc2ncnc(Nc3ccc(F)cc3OC(C)C(F)(F)F)c2c(C)c1OC1CCOC1. The van der Waals surface area contributed by atoms with Crippen LogP contribution in [0.3, 0.4) is 0 Å². The van der Waals surface area contributed by atoms with E-state index in [1.54, 1.807) is 13.0 Å². The van der Waals surface area contributed by atoms with Gasteiger partial charge in [0.1, 0.15) is 35.6 Å². The fraction of sp³-hybridized carbons (Fsp3) is 0.375. The van der Waals surface area contributed by atoms with E-state index in [0.29, 0.717) is 47.5 Å². The monoisotopic (exact) mass is 542 g/mol. The highest BCUT2D eigenvalue weighted by Crippen LogP contribution is 2.40. The number of hydrogen-bond acceptors (Lipinski definition) is 7. The van der Waals surface area contributed by atoms with Crippen molar-refractivity contribution in [2.45, 2.75) is 38.7 Å². The zero-order valence-electron chi connectivity index (χ0n) is 20.3. The fourth-order valence-corrected chi connectivity index (χ4v) is 4.42. The Morgan fingerprint density at radius 3 is 2.65 bits per heavy atom. The van der Waals surface area contributed by atoms with Crippen molar-refractivity contribution in [3.63, 3.8) is 0 Å². The summed E-state index contributed by atoms with van der Waals surface area (Å²) >= 11 is 0. The van der Waals surface area contributed by atoms with Crippen LogP contribution in [0, 0.1) is 12.7 Å². The summed E-state index contributed by atoms with van der Waals surface area (Å²) in [5.41, 5.74) is 1.49. The molecule has 3 aromatic rings. The standard InChI is InChI=1S/C24H26F4N4O4S/c1-13-21-18(10-19(32-37(3,4)33)22(13)36-16-7-8-34-11-16)29-12-30-23(21)31-17-6-5-15(25)9-20(17)35-14(2)24(26,27)28/h5-6,9-10,12,14,16H,3,7-8,11H2,1-2,4H3,(H,32,33)(H,29,30,31). The predicted octanol–water partition coefficient (Wildman–Crippen LogP) is 4.99. The molecule has 0 saturated carbocycles. The van der Waals surface area contributed by atoms with Crippen LogP contribution < -0.4 is 19.5 Å². The van der Waals surface area contributed by atoms with Crippen LogP contribution in [0.4, 0.5) is 34.8 Å². The molecule has 2 aromatic carbocycles. The van der Waals surface area contributed by atoms with Gasteiger partial charge in [0.05, 0.1) is 30.1 Å². The first-order valence-corrected chi connectivity index (χ1v) is 13.4. The molecule has 0 bridgehead atoms. The van der Waals surface area contributed by atoms with E-state index in [4.69, 9.17) is 14.2 Å². The van der Waals surface area contributed by atoms with Gasteiger partial charge in [0.25, 0.3) is 0 Å². The molecule has 8 nitrogen and oxygen atoms in total. The quantitative estimate of drug-likeness (QED) is 0.306. The number of rotatable bonds is 8. The van der Waals surface area contributed by atoms with Crippen LogP contribution in [0.2, 0.25) is 0 Å². The number of ether oxygens (including phenoxy) is 3. The lowest BCUT2D eigenvalue weighted by Crippen LogP contribution is -2.31. The van der Waals surface area contributed by atoms with Crippen molar-refractivity contribution in [2.24, 2.45) is 0 Å². The van der Waals surface area contributed by atoms with Crippen LogP contribution in [0.25, 0.3) is 10.9 Å². The Hall–Kier alpha value is -3.32. The number of benzene rings is 2. The van der Waals surface area contributed by atoms with E-state index < -0.39 is 27.8 Å². The number of nitrogens with one attached hydrogen (secondary N) is 2. The van der Waals surface area contributed by atoms with E-state index >= 15 is 0 Å². The molecule has 4 rings (SSSR count). The third-order valence-corrected chi connectivity index (χ3v) is 6.23. The van der Waals surface area contributed by atoms with Crippen LogP contribution in [0.5, 0.6) is 11.5 Å². The van der Waals surface area contributed by atoms with Gasteiger partial charge in [-0.2, -0.15) is 13.2 Å². The number of halogens is 4. The van der Waals surface area contributed by atoms with Gasteiger partial charge >= 0.3 is 6.18 Å². The largest absolute Gasteiger partial charge is 0.485 e. The molecule has 0 amide bonds. The Labute approximate surface area is 211 Å². The Balaban J connectivity index is 1.80. The number of anilines is 3. The van der Waals surface area contributed by atoms with E-state index in [9.17, 15) is 21.8 Å². The van der Waals surface area contributed by atoms with Crippen molar-refractivity contribution in [3.05, 3.63) is 42.0 Å². The van der Waals surface area contributed by atoms with Gasteiger partial charge in [0.2, 0.25) is 0 Å². The van der Waals surface area contributed by atoms with Gasteiger partial charge in [0, 0.05) is 39.4 Å². The maximum absolute atomic E-state index is 13.9. The molecule has 0 spiro atoms. The van der Waals surface area contributed by atoms with Crippen molar-refractivity contribution in [1.82, 2.24) is 9.97 Å². The molecular weight excluding hydrogens is 516 g/mol. The van der Waals surface area contributed by atoms with Gasteiger partial charge in [0.15, 0.2) is 6.10 Å². The van der Waals surface area contributed by atoms with Gasteiger partial charge in [-0.25, -0.2) is 18.6 Å². The summed E-state index contributed by atoms with van der Waals surface area (Å²) in [6, 6.07) is 4.84. The predicted molar refractivity (Wildman–Crippen MR) is 135 cm³/mol. The molecule has 37 heavy (non-hydrogen) atoms. The van der Waals surface area contributed by atoms with Gasteiger partial charge in [-0.1, -0.05) is 0 Å². The molecule has 13 heteroatoms. The number of aromatic nitrogens is 2. The summed E-state index contributed by atoms with van der Waals surface area (Å²) in [6.45, 7) is 3.51. The normalized spacial score (nSPS) is 18.3. The zero-order chi connectivity index (χ0) is 27.0. The van der Waals surface area contributed by atoms with Crippen LogP contribution in [-0.2, 0) is 14.4 Å². The smallest absolute Gasteiger partial charge is 0.425 e. The van der Waals surface area contributed by atoms with Crippen molar-refractivity contribution in [1.29, 1.82) is 0 Å². The van der Waals surface area contributed by atoms with E-state index in [2.05, 4.69) is 25.9 Å². The van der Waals surface area contributed by atoms with Crippen molar-refractivity contribution < 1.29 is 36.0 Å². The Kier molecular flexibility index (Phi) is 7.38. The highest BCUT2D eigenvalue weighted by atomic mass is 32.2. The minimum absolute atomic E-state index is 0.0695. The molecule has 1 aliphatic heterocycles. The molecule has 3 atom stereocenters. The summed E-state index contributed by atoms with van der Waals surface area (Å²) in [5.74, 6) is 3.16. The molecule has 2 heterocycles. The number of hydrogen-bond donors (Lipinski definition) is 2. The lowest BCUT2D eigenvalue weighted by atomic mass is 10.1. The minimum atomic E-state index is -4.65. The Bertz CT molecular complexity index is 1410.